The normalized spacial score (nSPS) is 19.6. The highest BCUT2D eigenvalue weighted by Gasteiger charge is 2.26. The molecular formula is C13H17N3O2. The molecule has 1 aromatic heterocycles. The molecule has 0 aliphatic carbocycles. The van der Waals surface area contributed by atoms with Crippen molar-refractivity contribution in [3.63, 3.8) is 0 Å². The Labute approximate surface area is 106 Å². The third kappa shape index (κ3) is 3.06. The summed E-state index contributed by atoms with van der Waals surface area (Å²) in [7, 11) is 0. The average molecular weight is 247 g/mol. The largest absolute Gasteiger partial charge is 0.369 e. The smallest absolute Gasteiger partial charge is 0.227 e. The van der Waals surface area contributed by atoms with Gasteiger partial charge in [0.05, 0.1) is 12.3 Å². The molecule has 5 nitrogen and oxygen atoms in total. The Balaban J connectivity index is 1.95. The number of pyridine rings is 1. The van der Waals surface area contributed by atoms with Crippen molar-refractivity contribution < 1.29 is 9.59 Å². The number of nitrogens with zero attached hydrogens (tertiary/aromatic N) is 2. The molecule has 1 atom stereocenters. The molecule has 0 radical (unpaired) electrons. The van der Waals surface area contributed by atoms with E-state index < -0.39 is 0 Å². The lowest BCUT2D eigenvalue weighted by atomic mass is 9.97. The van der Waals surface area contributed by atoms with E-state index in [9.17, 15) is 9.59 Å². The van der Waals surface area contributed by atoms with Gasteiger partial charge in [0.25, 0.3) is 0 Å². The van der Waals surface area contributed by atoms with Crippen LogP contribution in [-0.2, 0) is 16.0 Å². The molecule has 1 aliphatic heterocycles. The fourth-order valence-corrected chi connectivity index (χ4v) is 2.22. The maximum atomic E-state index is 12.1. The van der Waals surface area contributed by atoms with Gasteiger partial charge in [0.1, 0.15) is 0 Å². The highest BCUT2D eigenvalue weighted by atomic mass is 16.2. The molecule has 96 valence electrons. The van der Waals surface area contributed by atoms with E-state index >= 15 is 0 Å². The van der Waals surface area contributed by atoms with Gasteiger partial charge in [-0.3, -0.25) is 14.6 Å². The van der Waals surface area contributed by atoms with E-state index in [1.54, 1.807) is 17.3 Å². The quantitative estimate of drug-likeness (QED) is 0.837. The third-order valence-electron chi connectivity index (χ3n) is 3.28. The van der Waals surface area contributed by atoms with Crippen LogP contribution in [0, 0.1) is 5.92 Å². The summed E-state index contributed by atoms with van der Waals surface area (Å²) in [5.41, 5.74) is 6.24. The van der Waals surface area contributed by atoms with E-state index in [2.05, 4.69) is 4.98 Å². The van der Waals surface area contributed by atoms with Gasteiger partial charge in [0, 0.05) is 25.5 Å². The minimum absolute atomic E-state index is 0.0483. The average Bonchev–Trinajstić information content (AvgIpc) is 2.40. The lowest BCUT2D eigenvalue weighted by Crippen LogP contribution is -2.44. The summed E-state index contributed by atoms with van der Waals surface area (Å²) in [6.07, 6.45) is 5.33. The van der Waals surface area contributed by atoms with Gasteiger partial charge < -0.3 is 10.6 Å². The Morgan fingerprint density at radius 1 is 1.39 bits per heavy atom. The molecule has 1 aromatic rings. The van der Waals surface area contributed by atoms with Crippen LogP contribution in [0.4, 0.5) is 0 Å². The molecular weight excluding hydrogens is 230 g/mol. The number of nitrogens with two attached hydrogens (primary N) is 1. The molecule has 0 bridgehead atoms. The predicted molar refractivity (Wildman–Crippen MR) is 66.4 cm³/mol. The van der Waals surface area contributed by atoms with Crippen LogP contribution in [0.5, 0.6) is 0 Å². The number of likely N-dealkylation sites (tertiary alicyclic amines) is 1. The molecule has 1 saturated heterocycles. The number of rotatable bonds is 3. The summed E-state index contributed by atoms with van der Waals surface area (Å²) in [6.45, 7) is 1.17. The van der Waals surface area contributed by atoms with Crippen LogP contribution < -0.4 is 5.73 Å². The van der Waals surface area contributed by atoms with Crippen LogP contribution in [0.3, 0.4) is 0 Å². The van der Waals surface area contributed by atoms with Gasteiger partial charge in [-0.05, 0) is 30.5 Å². The molecule has 0 saturated carbocycles. The first-order chi connectivity index (χ1) is 8.66. The number of amides is 2. The minimum Gasteiger partial charge on any atom is -0.369 e. The summed E-state index contributed by atoms with van der Waals surface area (Å²) >= 11 is 0. The number of hydrogen-bond donors (Lipinski definition) is 1. The second-order valence-electron chi connectivity index (χ2n) is 4.61. The van der Waals surface area contributed by atoms with Crippen molar-refractivity contribution in [2.45, 2.75) is 19.3 Å². The molecule has 0 spiro atoms. The van der Waals surface area contributed by atoms with Gasteiger partial charge in [-0.2, -0.15) is 0 Å². The summed E-state index contributed by atoms with van der Waals surface area (Å²) < 4.78 is 0. The van der Waals surface area contributed by atoms with Crippen LogP contribution >= 0.6 is 0 Å². The Hall–Kier alpha value is -1.91. The summed E-state index contributed by atoms with van der Waals surface area (Å²) in [6, 6.07) is 3.65. The van der Waals surface area contributed by atoms with Crippen molar-refractivity contribution in [1.29, 1.82) is 0 Å². The number of primary amides is 1. The SMILES string of the molecule is NC(=O)[C@@H]1CCCN(C(=O)Cc2ccncc2)C1. The number of piperidine rings is 1. The van der Waals surface area contributed by atoms with Crippen molar-refractivity contribution in [3.8, 4) is 0 Å². The van der Waals surface area contributed by atoms with Crippen LogP contribution in [0.25, 0.3) is 0 Å². The van der Waals surface area contributed by atoms with Gasteiger partial charge in [0.2, 0.25) is 11.8 Å². The zero-order valence-electron chi connectivity index (χ0n) is 10.2. The number of carbonyl (C=O) groups excluding carboxylic acids is 2. The lowest BCUT2D eigenvalue weighted by molar-refractivity contribution is -0.134. The Morgan fingerprint density at radius 3 is 2.78 bits per heavy atom. The van der Waals surface area contributed by atoms with Crippen molar-refractivity contribution in [1.82, 2.24) is 9.88 Å². The minimum atomic E-state index is -0.309. The van der Waals surface area contributed by atoms with Crippen LogP contribution in [0.1, 0.15) is 18.4 Å². The van der Waals surface area contributed by atoms with E-state index in [0.29, 0.717) is 19.5 Å². The van der Waals surface area contributed by atoms with Gasteiger partial charge in [-0.15, -0.1) is 0 Å². The first-order valence-corrected chi connectivity index (χ1v) is 6.13. The Morgan fingerprint density at radius 2 is 2.11 bits per heavy atom. The molecule has 5 heteroatoms. The van der Waals surface area contributed by atoms with Gasteiger partial charge in [0.15, 0.2) is 0 Å². The predicted octanol–water partition coefficient (Wildman–Crippen LogP) is 0.348. The molecule has 2 rings (SSSR count). The third-order valence-corrected chi connectivity index (χ3v) is 3.28. The summed E-state index contributed by atoms with van der Waals surface area (Å²) in [4.78, 5) is 28.9. The molecule has 2 heterocycles. The van der Waals surface area contributed by atoms with Gasteiger partial charge in [-0.25, -0.2) is 0 Å². The first kappa shape index (κ1) is 12.5. The fourth-order valence-electron chi connectivity index (χ4n) is 2.22. The molecule has 0 aromatic carbocycles. The fraction of sp³-hybridized carbons (Fsp3) is 0.462. The van der Waals surface area contributed by atoms with E-state index in [1.165, 1.54) is 0 Å². The molecule has 0 unspecified atom stereocenters. The van der Waals surface area contributed by atoms with Gasteiger partial charge >= 0.3 is 0 Å². The molecule has 1 fully saturated rings. The number of aromatic nitrogens is 1. The molecule has 2 N–H and O–H groups in total. The van der Waals surface area contributed by atoms with Crippen molar-refractivity contribution in [3.05, 3.63) is 30.1 Å². The van der Waals surface area contributed by atoms with Crippen LogP contribution in [0.2, 0.25) is 0 Å². The number of hydrogen-bond acceptors (Lipinski definition) is 3. The second kappa shape index (κ2) is 5.62. The van der Waals surface area contributed by atoms with Crippen molar-refractivity contribution in [2.75, 3.05) is 13.1 Å². The second-order valence-corrected chi connectivity index (χ2v) is 4.61. The highest BCUT2D eigenvalue weighted by molar-refractivity contribution is 5.81. The first-order valence-electron chi connectivity index (χ1n) is 6.13. The standard InChI is InChI=1S/C13H17N3O2/c14-13(18)11-2-1-7-16(9-11)12(17)8-10-3-5-15-6-4-10/h3-6,11H,1-2,7-9H2,(H2,14,18)/t11-/m1/s1. The van der Waals surface area contributed by atoms with E-state index in [1.807, 2.05) is 12.1 Å². The highest BCUT2D eigenvalue weighted by Crippen LogP contribution is 2.17. The monoisotopic (exact) mass is 247 g/mol. The lowest BCUT2D eigenvalue weighted by Gasteiger charge is -2.31. The topological polar surface area (TPSA) is 76.3 Å². The Kier molecular flexibility index (Phi) is 3.92. The molecule has 1 aliphatic rings. The van der Waals surface area contributed by atoms with Crippen molar-refractivity contribution >= 4 is 11.8 Å². The Bertz CT molecular complexity index is 433. The van der Waals surface area contributed by atoms with Crippen molar-refractivity contribution in [2.24, 2.45) is 11.7 Å². The maximum absolute atomic E-state index is 12.1. The van der Waals surface area contributed by atoms with E-state index in [0.717, 1.165) is 18.4 Å². The zero-order chi connectivity index (χ0) is 13.0. The summed E-state index contributed by atoms with van der Waals surface area (Å²) in [5.74, 6) is -0.455. The van der Waals surface area contributed by atoms with Crippen LogP contribution in [-0.4, -0.2) is 34.8 Å². The zero-order valence-corrected chi connectivity index (χ0v) is 10.2. The molecule has 2 amide bonds. The molecule has 18 heavy (non-hydrogen) atoms. The summed E-state index contributed by atoms with van der Waals surface area (Å²) in [5, 5.41) is 0. The van der Waals surface area contributed by atoms with Crippen LogP contribution in [0.15, 0.2) is 24.5 Å². The van der Waals surface area contributed by atoms with E-state index in [4.69, 9.17) is 5.73 Å². The van der Waals surface area contributed by atoms with Gasteiger partial charge in [-0.1, -0.05) is 0 Å². The van der Waals surface area contributed by atoms with E-state index in [-0.39, 0.29) is 17.7 Å². The maximum Gasteiger partial charge on any atom is 0.227 e. The number of carbonyl (C=O) groups is 2.